The van der Waals surface area contributed by atoms with E-state index < -0.39 is 36.9 Å². The summed E-state index contributed by atoms with van der Waals surface area (Å²) in [5, 5.41) is 10.1. The molecule has 0 saturated carbocycles. The van der Waals surface area contributed by atoms with Crippen LogP contribution in [0.3, 0.4) is 0 Å². The summed E-state index contributed by atoms with van der Waals surface area (Å²) >= 11 is 12.7. The molecule has 1 unspecified atom stereocenters. The van der Waals surface area contributed by atoms with Crippen molar-refractivity contribution in [1.82, 2.24) is 8.52 Å². The summed E-state index contributed by atoms with van der Waals surface area (Å²) in [6, 6.07) is 12.1. The lowest BCUT2D eigenvalue weighted by Gasteiger charge is -2.06. The molecule has 0 spiro atoms. The van der Waals surface area contributed by atoms with E-state index >= 15 is 0 Å². The Hall–Kier alpha value is -2.76. The van der Waals surface area contributed by atoms with Crippen LogP contribution in [0.25, 0.3) is 0 Å². The van der Waals surface area contributed by atoms with Gasteiger partial charge >= 0.3 is 11.7 Å². The molecular formula is C20H19Cl2N4O5S+. The summed E-state index contributed by atoms with van der Waals surface area (Å²) in [5.74, 6) is -1.38. The van der Waals surface area contributed by atoms with E-state index in [0.29, 0.717) is 10.0 Å². The second-order valence-electron chi connectivity index (χ2n) is 6.64. The maximum absolute atomic E-state index is 12.9. The van der Waals surface area contributed by atoms with Gasteiger partial charge in [0, 0.05) is 15.6 Å². The maximum Gasteiger partial charge on any atom is 0.368 e. The lowest BCUT2D eigenvalue weighted by molar-refractivity contribution is -0.414. The molecular weight excluding hydrogens is 479 g/mol. The van der Waals surface area contributed by atoms with E-state index in [2.05, 4.69) is 10.7 Å². The lowest BCUT2D eigenvalue weighted by atomic mass is 10.2. The summed E-state index contributed by atoms with van der Waals surface area (Å²) in [6.45, 7) is -0.783. The Morgan fingerprint density at radius 2 is 1.69 bits per heavy atom. The van der Waals surface area contributed by atoms with Gasteiger partial charge in [-0.05, 0) is 53.5 Å². The van der Waals surface area contributed by atoms with E-state index in [9.17, 15) is 14.4 Å². The third-order valence-electron chi connectivity index (χ3n) is 4.28. The summed E-state index contributed by atoms with van der Waals surface area (Å²) in [4.78, 5) is 41.5. The number of hydrogen-bond acceptors (Lipinski definition) is 6. The first-order chi connectivity index (χ1) is 15.3. The molecule has 3 rings (SSSR count). The first-order valence-corrected chi connectivity index (χ1v) is 10.8. The molecule has 1 atom stereocenters. The van der Waals surface area contributed by atoms with Gasteiger partial charge in [0.05, 0.1) is 6.54 Å². The van der Waals surface area contributed by atoms with Gasteiger partial charge in [-0.1, -0.05) is 35.3 Å². The van der Waals surface area contributed by atoms with Crippen LogP contribution < -0.4 is 16.2 Å². The van der Waals surface area contributed by atoms with Crippen LogP contribution in [0.2, 0.25) is 10.0 Å². The Morgan fingerprint density at radius 1 is 1.09 bits per heavy atom. The van der Waals surface area contributed by atoms with Gasteiger partial charge in [0.15, 0.2) is 6.73 Å². The fourth-order valence-corrected chi connectivity index (χ4v) is 3.71. The van der Waals surface area contributed by atoms with E-state index in [4.69, 9.17) is 33.0 Å². The summed E-state index contributed by atoms with van der Waals surface area (Å²) in [5.41, 5.74) is 4.02. The summed E-state index contributed by atoms with van der Waals surface area (Å²) in [6.07, 6.45) is 0. The number of hydrogen-bond donors (Lipinski definition) is 2. The number of ether oxygens (including phenoxy) is 1. The van der Waals surface area contributed by atoms with E-state index in [-0.39, 0.29) is 16.9 Å². The van der Waals surface area contributed by atoms with Crippen LogP contribution >= 0.6 is 34.7 Å². The van der Waals surface area contributed by atoms with Crippen LogP contribution in [0.4, 0.5) is 0 Å². The molecule has 1 heterocycles. The molecule has 0 fully saturated rings. The highest BCUT2D eigenvalue weighted by molar-refractivity contribution is 7.03. The van der Waals surface area contributed by atoms with Crippen molar-refractivity contribution in [1.29, 1.82) is 0 Å². The predicted molar refractivity (Wildman–Crippen MR) is 118 cm³/mol. The molecule has 1 amide bonds. The molecule has 0 saturated heterocycles. The first kappa shape index (κ1) is 23.9. The number of nitrogens with zero attached hydrogens (tertiary/aromatic N) is 3. The normalized spacial score (nSPS) is 12.6. The highest BCUT2D eigenvalue weighted by Crippen LogP contribution is 2.11. The fraction of sp³-hybridized carbons (Fsp3) is 0.200. The second kappa shape index (κ2) is 10.7. The molecule has 3 aromatic rings. The molecule has 0 aliphatic carbocycles. The molecule has 0 aliphatic heterocycles. The van der Waals surface area contributed by atoms with Crippen molar-refractivity contribution in [3.05, 3.63) is 85.0 Å². The third-order valence-corrected chi connectivity index (χ3v) is 5.77. The highest BCUT2D eigenvalue weighted by atomic mass is 35.5. The molecule has 2 aromatic carbocycles. The van der Waals surface area contributed by atoms with E-state index in [1.807, 2.05) is 0 Å². The van der Waals surface area contributed by atoms with Crippen LogP contribution in [0.1, 0.15) is 15.9 Å². The fourth-order valence-electron chi connectivity index (χ4n) is 2.51. The van der Waals surface area contributed by atoms with Crippen molar-refractivity contribution < 1.29 is 25.2 Å². The first-order valence-electron chi connectivity index (χ1n) is 9.29. The maximum atomic E-state index is 12.9. The predicted octanol–water partition coefficient (Wildman–Crippen LogP) is 0.911. The van der Waals surface area contributed by atoms with E-state index in [1.54, 1.807) is 36.4 Å². The van der Waals surface area contributed by atoms with Crippen LogP contribution in [0.15, 0.2) is 58.3 Å². The van der Waals surface area contributed by atoms with Gasteiger partial charge in [-0.15, -0.1) is 0 Å². The smallest absolute Gasteiger partial charge is 0.368 e. The highest BCUT2D eigenvalue weighted by Gasteiger charge is 2.19. The van der Waals surface area contributed by atoms with Gasteiger partial charge in [0.25, 0.3) is 5.91 Å². The third kappa shape index (κ3) is 5.93. The SMILES string of the molecule is [NH3+]C(CO)C(=O)OCn1c(=NC(=O)c2ccc(Cl)cc2)sn(Cc2ccc(Cl)cc2)c1=O. The zero-order valence-corrected chi connectivity index (χ0v) is 18.9. The Morgan fingerprint density at radius 3 is 2.28 bits per heavy atom. The topological polar surface area (TPSA) is 131 Å². The van der Waals surface area contributed by atoms with Gasteiger partial charge in [0.2, 0.25) is 10.8 Å². The molecule has 12 heteroatoms. The largest absolute Gasteiger partial charge is 0.439 e. The zero-order valence-electron chi connectivity index (χ0n) is 16.6. The molecule has 168 valence electrons. The molecule has 4 N–H and O–H groups in total. The molecule has 0 bridgehead atoms. The number of quaternary nitrogens is 1. The minimum atomic E-state index is -0.999. The van der Waals surface area contributed by atoms with Crippen LogP contribution in [-0.2, 0) is 22.8 Å². The molecule has 0 radical (unpaired) electrons. The molecule has 9 nitrogen and oxygen atoms in total. The second-order valence-corrected chi connectivity index (χ2v) is 8.50. The van der Waals surface area contributed by atoms with Crippen molar-refractivity contribution in [2.75, 3.05) is 6.61 Å². The Bertz CT molecular complexity index is 1230. The van der Waals surface area contributed by atoms with Crippen molar-refractivity contribution in [2.24, 2.45) is 4.99 Å². The molecule has 32 heavy (non-hydrogen) atoms. The number of halogens is 2. The lowest BCUT2D eigenvalue weighted by Crippen LogP contribution is -2.67. The monoisotopic (exact) mass is 497 g/mol. The standard InChI is InChI=1S/C20H18Cl2N4O5S/c21-14-5-1-12(2-6-14)9-26-20(30)25(11-31-18(29)16(23)10-27)19(32-26)24-17(28)13-3-7-15(22)8-4-13/h1-8,16,27H,9-11,23H2/p+1. The van der Waals surface area contributed by atoms with Crippen LogP contribution in [-0.4, -0.2) is 38.2 Å². The van der Waals surface area contributed by atoms with Gasteiger partial charge in [-0.25, -0.2) is 18.1 Å². The average molecular weight is 498 g/mol. The van der Waals surface area contributed by atoms with Gasteiger partial charge in [-0.3, -0.25) is 4.79 Å². The summed E-state index contributed by atoms with van der Waals surface area (Å²) in [7, 11) is 0. The minimum absolute atomic E-state index is 0.0429. The van der Waals surface area contributed by atoms with Crippen molar-refractivity contribution in [3.63, 3.8) is 0 Å². The average Bonchev–Trinajstić information content (AvgIpc) is 3.07. The minimum Gasteiger partial charge on any atom is -0.439 e. The van der Waals surface area contributed by atoms with Crippen molar-refractivity contribution in [3.8, 4) is 0 Å². The molecule has 1 aromatic heterocycles. The number of aliphatic hydroxyl groups excluding tert-OH is 1. The summed E-state index contributed by atoms with van der Waals surface area (Å²) < 4.78 is 7.51. The number of carbonyl (C=O) groups excluding carboxylic acids is 2. The number of aliphatic hydroxyl groups is 1. The number of esters is 1. The van der Waals surface area contributed by atoms with Crippen LogP contribution in [0, 0.1) is 0 Å². The zero-order chi connectivity index (χ0) is 23.3. The molecule has 0 aliphatic rings. The number of rotatable bonds is 7. The number of carbonyl (C=O) groups is 2. The number of benzene rings is 2. The Labute approximate surface area is 196 Å². The Balaban J connectivity index is 1.97. The number of amides is 1. The quantitative estimate of drug-likeness (QED) is 0.468. The number of aromatic nitrogens is 2. The van der Waals surface area contributed by atoms with Crippen LogP contribution in [0.5, 0.6) is 0 Å². The van der Waals surface area contributed by atoms with Gasteiger partial charge in [0.1, 0.15) is 6.61 Å². The van der Waals surface area contributed by atoms with Crippen molar-refractivity contribution in [2.45, 2.75) is 19.3 Å². The van der Waals surface area contributed by atoms with Gasteiger partial charge < -0.3 is 15.6 Å². The van der Waals surface area contributed by atoms with E-state index in [0.717, 1.165) is 21.7 Å². The Kier molecular flexibility index (Phi) is 7.99. The van der Waals surface area contributed by atoms with E-state index in [1.165, 1.54) is 16.1 Å². The van der Waals surface area contributed by atoms with Gasteiger partial charge in [-0.2, -0.15) is 4.99 Å². The van der Waals surface area contributed by atoms with Crippen molar-refractivity contribution >= 4 is 46.6 Å².